The summed E-state index contributed by atoms with van der Waals surface area (Å²) in [7, 11) is 4.68. The summed E-state index contributed by atoms with van der Waals surface area (Å²) in [5, 5.41) is 4.05. The van der Waals surface area contributed by atoms with Crippen molar-refractivity contribution in [3.8, 4) is 0 Å². The fourth-order valence-corrected chi connectivity index (χ4v) is 5.43. The van der Waals surface area contributed by atoms with Crippen LogP contribution in [0.5, 0.6) is 0 Å². The molecule has 0 saturated carbocycles. The van der Waals surface area contributed by atoms with Crippen molar-refractivity contribution in [2.45, 2.75) is 87.6 Å². The molecule has 0 spiro atoms. The second-order valence-electron chi connectivity index (χ2n) is 7.60. The van der Waals surface area contributed by atoms with Gasteiger partial charge in [-0.15, -0.1) is 0 Å². The molecule has 4 unspecified atom stereocenters. The van der Waals surface area contributed by atoms with Gasteiger partial charge in [0.15, 0.2) is 0 Å². The average molecular weight is 263 g/mol. The number of nitrogens with zero attached hydrogens (tertiary/aromatic N) is 2. The SMILES string of the molecule is CN1C2CCC1CC(NC1CC3CCC(C1)N3C)C2. The van der Waals surface area contributed by atoms with Crippen LogP contribution in [-0.4, -0.2) is 60.1 Å². The Morgan fingerprint density at radius 3 is 1.26 bits per heavy atom. The van der Waals surface area contributed by atoms with Crippen LogP contribution in [0.1, 0.15) is 51.4 Å². The zero-order valence-electron chi connectivity index (χ0n) is 12.5. The van der Waals surface area contributed by atoms with E-state index in [1.165, 1.54) is 51.4 Å². The maximum atomic E-state index is 4.05. The third-order valence-electron chi connectivity index (χ3n) is 6.67. The van der Waals surface area contributed by atoms with Crippen molar-refractivity contribution >= 4 is 0 Å². The molecule has 0 aromatic carbocycles. The zero-order chi connectivity index (χ0) is 13.0. The van der Waals surface area contributed by atoms with E-state index in [-0.39, 0.29) is 0 Å². The van der Waals surface area contributed by atoms with Crippen LogP contribution in [0.4, 0.5) is 0 Å². The highest BCUT2D eigenvalue weighted by Crippen LogP contribution is 2.37. The minimum Gasteiger partial charge on any atom is -0.311 e. The number of hydrogen-bond donors (Lipinski definition) is 1. The third-order valence-corrected chi connectivity index (χ3v) is 6.67. The van der Waals surface area contributed by atoms with E-state index in [2.05, 4.69) is 29.2 Å². The van der Waals surface area contributed by atoms with Gasteiger partial charge >= 0.3 is 0 Å². The standard InChI is InChI=1S/C16H29N3/c1-18-13-3-4-14(18)8-11(7-13)17-12-9-15-5-6-16(10-12)19(15)2/h11-17H,3-10H2,1-2H3. The predicted molar refractivity (Wildman–Crippen MR) is 78.3 cm³/mol. The lowest BCUT2D eigenvalue weighted by Crippen LogP contribution is -2.53. The molecule has 0 aliphatic carbocycles. The van der Waals surface area contributed by atoms with E-state index in [9.17, 15) is 0 Å². The Balaban J connectivity index is 1.36. The topological polar surface area (TPSA) is 18.5 Å². The summed E-state index contributed by atoms with van der Waals surface area (Å²) in [5.74, 6) is 0. The van der Waals surface area contributed by atoms with Gasteiger partial charge in [-0.3, -0.25) is 0 Å². The van der Waals surface area contributed by atoms with Crippen molar-refractivity contribution in [1.29, 1.82) is 0 Å². The van der Waals surface area contributed by atoms with Gasteiger partial charge in [-0.05, 0) is 65.5 Å². The minimum absolute atomic E-state index is 0.807. The van der Waals surface area contributed by atoms with Crippen molar-refractivity contribution in [1.82, 2.24) is 15.1 Å². The summed E-state index contributed by atoms with van der Waals surface area (Å²) >= 11 is 0. The lowest BCUT2D eigenvalue weighted by atomic mass is 9.93. The van der Waals surface area contributed by atoms with Gasteiger partial charge < -0.3 is 15.1 Å². The van der Waals surface area contributed by atoms with E-state index >= 15 is 0 Å². The maximum Gasteiger partial charge on any atom is 0.0111 e. The van der Waals surface area contributed by atoms with Crippen molar-refractivity contribution in [2.24, 2.45) is 0 Å². The quantitative estimate of drug-likeness (QED) is 0.820. The normalized spacial score (nSPS) is 50.8. The molecule has 4 saturated heterocycles. The van der Waals surface area contributed by atoms with Gasteiger partial charge in [-0.25, -0.2) is 0 Å². The molecule has 19 heavy (non-hydrogen) atoms. The second kappa shape index (κ2) is 4.71. The van der Waals surface area contributed by atoms with Gasteiger partial charge in [-0.1, -0.05) is 0 Å². The van der Waals surface area contributed by atoms with E-state index in [1.807, 2.05) is 0 Å². The van der Waals surface area contributed by atoms with Crippen molar-refractivity contribution in [2.75, 3.05) is 14.1 Å². The average Bonchev–Trinajstić information content (AvgIpc) is 2.77. The molecule has 4 bridgehead atoms. The van der Waals surface area contributed by atoms with Crippen LogP contribution in [-0.2, 0) is 0 Å². The Labute approximate surface area is 117 Å². The molecule has 3 nitrogen and oxygen atoms in total. The number of nitrogens with one attached hydrogen (secondary N) is 1. The molecule has 1 N–H and O–H groups in total. The van der Waals surface area contributed by atoms with E-state index in [4.69, 9.17) is 0 Å². The number of rotatable bonds is 2. The van der Waals surface area contributed by atoms with Crippen molar-refractivity contribution in [3.05, 3.63) is 0 Å². The minimum atomic E-state index is 0.807. The third kappa shape index (κ3) is 2.14. The van der Waals surface area contributed by atoms with E-state index < -0.39 is 0 Å². The van der Waals surface area contributed by atoms with Crippen molar-refractivity contribution in [3.63, 3.8) is 0 Å². The molecule has 0 aromatic heterocycles. The number of fused-ring (bicyclic) bond motifs is 4. The Hall–Kier alpha value is -0.120. The molecular formula is C16H29N3. The van der Waals surface area contributed by atoms with Crippen LogP contribution < -0.4 is 5.32 Å². The summed E-state index contributed by atoms with van der Waals surface area (Å²) in [6.45, 7) is 0. The first kappa shape index (κ1) is 12.6. The van der Waals surface area contributed by atoms with E-state index in [0.717, 1.165) is 36.3 Å². The monoisotopic (exact) mass is 263 g/mol. The molecule has 4 fully saturated rings. The fourth-order valence-electron chi connectivity index (χ4n) is 5.43. The highest BCUT2D eigenvalue weighted by atomic mass is 15.2. The summed E-state index contributed by atoms with van der Waals surface area (Å²) < 4.78 is 0. The van der Waals surface area contributed by atoms with Gasteiger partial charge in [-0.2, -0.15) is 0 Å². The molecule has 0 aromatic rings. The molecule has 4 atom stereocenters. The summed E-state index contributed by atoms with van der Waals surface area (Å²) in [5.41, 5.74) is 0. The molecule has 4 rings (SSSR count). The predicted octanol–water partition coefficient (Wildman–Crippen LogP) is 1.83. The highest BCUT2D eigenvalue weighted by molar-refractivity contribution is 5.00. The Morgan fingerprint density at radius 2 is 0.947 bits per heavy atom. The molecule has 0 radical (unpaired) electrons. The van der Waals surface area contributed by atoms with Crippen LogP contribution in [0.2, 0.25) is 0 Å². The number of piperidine rings is 2. The van der Waals surface area contributed by atoms with Gasteiger partial charge in [0.05, 0.1) is 0 Å². The van der Waals surface area contributed by atoms with Crippen molar-refractivity contribution < 1.29 is 0 Å². The maximum absolute atomic E-state index is 4.05. The summed E-state index contributed by atoms with van der Waals surface area (Å²) in [4.78, 5) is 5.30. The highest BCUT2D eigenvalue weighted by Gasteiger charge is 2.42. The Morgan fingerprint density at radius 1 is 0.632 bits per heavy atom. The molecule has 3 heteroatoms. The first-order valence-corrected chi connectivity index (χ1v) is 8.40. The van der Waals surface area contributed by atoms with E-state index in [1.54, 1.807) is 0 Å². The lowest BCUT2D eigenvalue weighted by Gasteiger charge is -2.42. The summed E-state index contributed by atoms with van der Waals surface area (Å²) in [6.07, 6.45) is 11.4. The largest absolute Gasteiger partial charge is 0.311 e. The van der Waals surface area contributed by atoms with Gasteiger partial charge in [0, 0.05) is 36.3 Å². The van der Waals surface area contributed by atoms with Crippen LogP contribution in [0, 0.1) is 0 Å². The zero-order valence-corrected chi connectivity index (χ0v) is 12.5. The molecule has 0 amide bonds. The van der Waals surface area contributed by atoms with Gasteiger partial charge in [0.25, 0.3) is 0 Å². The van der Waals surface area contributed by atoms with Crippen LogP contribution in [0.15, 0.2) is 0 Å². The van der Waals surface area contributed by atoms with E-state index in [0.29, 0.717) is 0 Å². The Bertz CT molecular complexity index is 285. The lowest BCUT2D eigenvalue weighted by molar-refractivity contribution is 0.111. The van der Waals surface area contributed by atoms with Crippen LogP contribution in [0.25, 0.3) is 0 Å². The van der Waals surface area contributed by atoms with Gasteiger partial charge in [0.2, 0.25) is 0 Å². The number of hydrogen-bond acceptors (Lipinski definition) is 3. The molecule has 4 aliphatic rings. The first-order chi connectivity index (χ1) is 9.20. The fraction of sp³-hybridized carbons (Fsp3) is 1.00. The molecule has 4 heterocycles. The van der Waals surface area contributed by atoms with Crippen LogP contribution in [0.3, 0.4) is 0 Å². The first-order valence-electron chi connectivity index (χ1n) is 8.40. The smallest absolute Gasteiger partial charge is 0.0111 e. The Kier molecular flexibility index (Phi) is 3.13. The van der Waals surface area contributed by atoms with Gasteiger partial charge in [0.1, 0.15) is 0 Å². The molecular weight excluding hydrogens is 234 g/mol. The molecule has 108 valence electrons. The second-order valence-corrected chi connectivity index (χ2v) is 7.60. The summed E-state index contributed by atoms with van der Waals surface area (Å²) in [6, 6.07) is 5.11. The van der Waals surface area contributed by atoms with Crippen LogP contribution >= 0.6 is 0 Å². The molecule has 4 aliphatic heterocycles.